The second-order valence-electron chi connectivity index (χ2n) is 4.55. The van der Waals surface area contributed by atoms with Gasteiger partial charge in [0.2, 0.25) is 0 Å². The molecule has 0 unspecified atom stereocenters. The number of phenols is 1. The molecule has 88 valence electrons. The number of hydrogen-bond donors (Lipinski definition) is 2. The Labute approximate surface area is 96.2 Å². The molecular weight excluding hydrogens is 202 g/mol. The lowest BCUT2D eigenvalue weighted by Crippen LogP contribution is -2.11. The Morgan fingerprint density at radius 1 is 1.12 bits per heavy atom. The van der Waals surface area contributed by atoms with E-state index in [1.807, 2.05) is 6.92 Å². The largest absolute Gasteiger partial charge is 0.507 e. The van der Waals surface area contributed by atoms with Gasteiger partial charge in [0.05, 0.1) is 6.61 Å². The topological polar surface area (TPSA) is 55.5 Å². The van der Waals surface area contributed by atoms with Crippen LogP contribution in [-0.2, 0) is 24.3 Å². The van der Waals surface area contributed by atoms with Crippen LogP contribution in [0.25, 0.3) is 0 Å². The Kier molecular flexibility index (Phi) is 3.17. The average molecular weight is 221 g/mol. The molecule has 1 aromatic carbocycles. The van der Waals surface area contributed by atoms with E-state index in [9.17, 15) is 5.11 Å². The summed E-state index contributed by atoms with van der Waals surface area (Å²) in [6, 6.07) is 0. The van der Waals surface area contributed by atoms with Crippen LogP contribution in [0.1, 0.15) is 40.7 Å². The van der Waals surface area contributed by atoms with E-state index >= 15 is 0 Å². The van der Waals surface area contributed by atoms with Crippen molar-refractivity contribution in [3.05, 3.63) is 27.8 Å². The lowest BCUT2D eigenvalue weighted by Gasteiger charge is -2.24. The Morgan fingerprint density at radius 2 is 1.69 bits per heavy atom. The van der Waals surface area contributed by atoms with E-state index in [0.29, 0.717) is 5.75 Å². The number of hydrogen-bond acceptors (Lipinski definition) is 3. The van der Waals surface area contributed by atoms with Gasteiger partial charge in [-0.15, -0.1) is 0 Å². The van der Waals surface area contributed by atoms with E-state index in [2.05, 4.69) is 11.8 Å². The molecule has 3 heteroatoms. The van der Waals surface area contributed by atoms with Gasteiger partial charge in [-0.05, 0) is 61.8 Å². The van der Waals surface area contributed by atoms with E-state index in [1.54, 1.807) is 0 Å². The first-order valence-electron chi connectivity index (χ1n) is 5.81. The smallest absolute Gasteiger partial charge is 0.124 e. The molecule has 16 heavy (non-hydrogen) atoms. The van der Waals surface area contributed by atoms with Crippen molar-refractivity contribution in [2.24, 2.45) is 5.90 Å². The zero-order valence-corrected chi connectivity index (χ0v) is 9.97. The summed E-state index contributed by atoms with van der Waals surface area (Å²) in [4.78, 5) is 4.68. The molecule has 0 saturated carbocycles. The van der Waals surface area contributed by atoms with Crippen molar-refractivity contribution in [3.63, 3.8) is 0 Å². The normalized spacial score (nSPS) is 14.9. The molecule has 3 N–H and O–H groups in total. The molecule has 0 bridgehead atoms. The van der Waals surface area contributed by atoms with Gasteiger partial charge < -0.3 is 5.11 Å². The van der Waals surface area contributed by atoms with E-state index < -0.39 is 0 Å². The predicted molar refractivity (Wildman–Crippen MR) is 63.2 cm³/mol. The lowest BCUT2D eigenvalue weighted by molar-refractivity contribution is 0.121. The third-order valence-electron chi connectivity index (χ3n) is 3.69. The molecule has 0 fully saturated rings. The summed E-state index contributed by atoms with van der Waals surface area (Å²) in [5.74, 6) is 5.48. The monoisotopic (exact) mass is 221 g/mol. The number of phenolic OH excluding ortho intramolecular Hbond substituents is 1. The summed E-state index contributed by atoms with van der Waals surface area (Å²) in [7, 11) is 0. The Morgan fingerprint density at radius 3 is 2.25 bits per heavy atom. The molecule has 0 saturated heterocycles. The van der Waals surface area contributed by atoms with Crippen LogP contribution in [-0.4, -0.2) is 5.11 Å². The van der Waals surface area contributed by atoms with Crippen molar-refractivity contribution in [2.45, 2.75) is 46.1 Å². The quantitative estimate of drug-likeness (QED) is 0.753. The van der Waals surface area contributed by atoms with Crippen LogP contribution >= 0.6 is 0 Å². The SMILES string of the molecule is Cc1c(O)c(CON)c(C)c2c1CCCC2. The van der Waals surface area contributed by atoms with Crippen molar-refractivity contribution in [1.82, 2.24) is 0 Å². The Hall–Kier alpha value is -1.06. The molecule has 1 aromatic rings. The molecule has 0 radical (unpaired) electrons. The van der Waals surface area contributed by atoms with Gasteiger partial charge >= 0.3 is 0 Å². The summed E-state index contributed by atoms with van der Waals surface area (Å²) in [5.41, 5.74) is 5.74. The standard InChI is InChI=1S/C13H19NO2/c1-8-10-5-3-4-6-11(10)9(2)13(15)12(8)7-16-14/h15H,3-7,14H2,1-2H3. The summed E-state index contributed by atoms with van der Waals surface area (Å²) in [6.07, 6.45) is 4.65. The van der Waals surface area contributed by atoms with Crippen LogP contribution in [0.2, 0.25) is 0 Å². The van der Waals surface area contributed by atoms with Crippen molar-refractivity contribution in [2.75, 3.05) is 0 Å². The predicted octanol–water partition coefficient (Wildman–Crippen LogP) is 2.28. The fourth-order valence-corrected chi connectivity index (χ4v) is 2.72. The molecule has 0 amide bonds. The van der Waals surface area contributed by atoms with Gasteiger partial charge in [-0.3, -0.25) is 4.84 Å². The maximum atomic E-state index is 10.1. The van der Waals surface area contributed by atoms with Crippen molar-refractivity contribution < 1.29 is 9.94 Å². The second kappa shape index (κ2) is 4.44. The van der Waals surface area contributed by atoms with Crippen molar-refractivity contribution in [3.8, 4) is 5.75 Å². The van der Waals surface area contributed by atoms with Gasteiger partial charge in [0.1, 0.15) is 5.75 Å². The van der Waals surface area contributed by atoms with Crippen LogP contribution in [0, 0.1) is 13.8 Å². The first-order chi connectivity index (χ1) is 7.66. The van der Waals surface area contributed by atoms with Crippen LogP contribution in [0.3, 0.4) is 0 Å². The third kappa shape index (κ3) is 1.70. The molecule has 1 aliphatic rings. The minimum absolute atomic E-state index is 0.284. The van der Waals surface area contributed by atoms with Crippen molar-refractivity contribution in [1.29, 1.82) is 0 Å². The Bertz CT molecular complexity index is 413. The van der Waals surface area contributed by atoms with Gasteiger partial charge in [0.25, 0.3) is 0 Å². The molecule has 0 aliphatic heterocycles. The summed E-state index contributed by atoms with van der Waals surface area (Å²) < 4.78 is 0. The van der Waals surface area contributed by atoms with Crippen LogP contribution in [0.5, 0.6) is 5.75 Å². The van der Waals surface area contributed by atoms with E-state index in [0.717, 1.165) is 29.5 Å². The molecule has 0 aromatic heterocycles. The third-order valence-corrected chi connectivity index (χ3v) is 3.69. The highest BCUT2D eigenvalue weighted by Crippen LogP contribution is 2.36. The van der Waals surface area contributed by atoms with Crippen molar-refractivity contribution >= 4 is 0 Å². The van der Waals surface area contributed by atoms with Gasteiger partial charge in [0.15, 0.2) is 0 Å². The molecular formula is C13H19NO2. The highest BCUT2D eigenvalue weighted by atomic mass is 16.6. The van der Waals surface area contributed by atoms with Gasteiger partial charge in [-0.2, -0.15) is 0 Å². The van der Waals surface area contributed by atoms with Crippen LogP contribution in [0.4, 0.5) is 0 Å². The van der Waals surface area contributed by atoms with Gasteiger partial charge in [0, 0.05) is 5.56 Å². The fourth-order valence-electron chi connectivity index (χ4n) is 2.72. The van der Waals surface area contributed by atoms with E-state index in [-0.39, 0.29) is 6.61 Å². The molecule has 3 nitrogen and oxygen atoms in total. The average Bonchev–Trinajstić information content (AvgIpc) is 2.32. The summed E-state index contributed by atoms with van der Waals surface area (Å²) >= 11 is 0. The highest BCUT2D eigenvalue weighted by molar-refractivity contribution is 5.54. The molecule has 0 heterocycles. The van der Waals surface area contributed by atoms with E-state index in [4.69, 9.17) is 5.90 Å². The lowest BCUT2D eigenvalue weighted by atomic mass is 9.83. The maximum Gasteiger partial charge on any atom is 0.124 e. The van der Waals surface area contributed by atoms with Gasteiger partial charge in [-0.1, -0.05) is 0 Å². The number of fused-ring (bicyclic) bond motifs is 1. The summed E-state index contributed by atoms with van der Waals surface area (Å²) in [5, 5.41) is 10.1. The Balaban J connectivity index is 2.60. The summed E-state index contributed by atoms with van der Waals surface area (Å²) in [6.45, 7) is 4.32. The second-order valence-corrected chi connectivity index (χ2v) is 4.55. The number of aromatic hydroxyl groups is 1. The molecule has 0 spiro atoms. The van der Waals surface area contributed by atoms with Gasteiger partial charge in [-0.25, -0.2) is 5.90 Å². The first-order valence-corrected chi connectivity index (χ1v) is 5.81. The number of nitrogens with two attached hydrogens (primary N) is 1. The van der Waals surface area contributed by atoms with E-state index in [1.165, 1.54) is 24.0 Å². The first kappa shape index (κ1) is 11.4. The highest BCUT2D eigenvalue weighted by Gasteiger charge is 2.20. The maximum absolute atomic E-state index is 10.1. The number of rotatable bonds is 2. The van der Waals surface area contributed by atoms with Crippen LogP contribution in [0.15, 0.2) is 0 Å². The minimum atomic E-state index is 0.284. The molecule has 2 rings (SSSR count). The number of benzene rings is 1. The molecule has 1 aliphatic carbocycles. The zero-order chi connectivity index (χ0) is 11.7. The minimum Gasteiger partial charge on any atom is -0.507 e. The fraction of sp³-hybridized carbons (Fsp3) is 0.538. The molecule has 0 atom stereocenters. The van der Waals surface area contributed by atoms with Crippen LogP contribution < -0.4 is 5.90 Å². The zero-order valence-electron chi connectivity index (χ0n) is 9.97.